The first-order valence-electron chi connectivity index (χ1n) is 5.81. The number of thioether (sulfide) groups is 1. The highest BCUT2D eigenvalue weighted by Crippen LogP contribution is 2.43. The Labute approximate surface area is 108 Å². The first kappa shape index (κ1) is 12.7. The number of hydrogen-bond acceptors (Lipinski definition) is 3. The molecule has 1 atom stereocenters. The van der Waals surface area contributed by atoms with Gasteiger partial charge in [0.05, 0.1) is 0 Å². The van der Waals surface area contributed by atoms with Crippen LogP contribution in [0.3, 0.4) is 0 Å². The van der Waals surface area contributed by atoms with Crippen LogP contribution < -0.4 is 0 Å². The minimum absolute atomic E-state index is 0.716. The van der Waals surface area contributed by atoms with Crippen molar-refractivity contribution in [1.29, 1.82) is 5.26 Å². The molecule has 1 heterocycles. The van der Waals surface area contributed by atoms with Crippen LogP contribution in [0.2, 0.25) is 19.6 Å². The van der Waals surface area contributed by atoms with Gasteiger partial charge in [-0.05, 0) is 25.7 Å². The van der Waals surface area contributed by atoms with Gasteiger partial charge in [0, 0.05) is 22.6 Å². The van der Waals surface area contributed by atoms with Gasteiger partial charge in [-0.25, -0.2) is 0 Å². The highest BCUT2D eigenvalue weighted by Gasteiger charge is 2.41. The molecular formula is C13H17NOSSi. The monoisotopic (exact) mass is 263 g/mol. The van der Waals surface area contributed by atoms with Crippen LogP contribution in [-0.4, -0.2) is 14.1 Å². The second kappa shape index (κ2) is 4.49. The molecule has 4 heteroatoms. The minimum atomic E-state index is -1.74. The summed E-state index contributed by atoms with van der Waals surface area (Å²) in [5.74, 6) is 0.953. The molecule has 1 aliphatic heterocycles. The van der Waals surface area contributed by atoms with Gasteiger partial charge in [-0.2, -0.15) is 5.26 Å². The van der Waals surface area contributed by atoms with E-state index in [0.29, 0.717) is 0 Å². The summed E-state index contributed by atoms with van der Waals surface area (Å²) in [7, 11) is -1.74. The van der Waals surface area contributed by atoms with E-state index in [1.807, 2.05) is 30.0 Å². The zero-order chi connectivity index (χ0) is 12.5. The Kier molecular flexibility index (Phi) is 3.35. The van der Waals surface area contributed by atoms with Crippen LogP contribution in [0.15, 0.2) is 29.2 Å². The van der Waals surface area contributed by atoms with Crippen molar-refractivity contribution in [3.8, 4) is 6.07 Å². The normalized spacial score (nSPS) is 23.9. The van der Waals surface area contributed by atoms with Crippen LogP contribution in [0.5, 0.6) is 0 Å². The summed E-state index contributed by atoms with van der Waals surface area (Å²) in [6.45, 7) is 6.41. The molecule has 90 valence electrons. The Hall–Kier alpha value is -0.763. The molecule has 1 aliphatic rings. The highest BCUT2D eigenvalue weighted by atomic mass is 32.2. The molecule has 0 fully saturated rings. The Morgan fingerprint density at radius 2 is 2.06 bits per heavy atom. The lowest BCUT2D eigenvalue weighted by Crippen LogP contribution is -2.41. The smallest absolute Gasteiger partial charge is 0.186 e. The molecule has 1 aromatic rings. The summed E-state index contributed by atoms with van der Waals surface area (Å²) in [4.78, 5) is 1.19. The van der Waals surface area contributed by atoms with E-state index in [0.717, 1.165) is 17.7 Å². The Bertz CT molecular complexity index is 463. The van der Waals surface area contributed by atoms with E-state index in [-0.39, 0.29) is 0 Å². The first-order valence-corrected chi connectivity index (χ1v) is 10.2. The van der Waals surface area contributed by atoms with E-state index in [9.17, 15) is 5.26 Å². The first-order chi connectivity index (χ1) is 7.97. The maximum atomic E-state index is 9.59. The Morgan fingerprint density at radius 3 is 2.71 bits per heavy atom. The summed E-state index contributed by atoms with van der Waals surface area (Å²) in [5, 5.41) is 9.59. The second-order valence-electron chi connectivity index (χ2n) is 5.25. The summed E-state index contributed by atoms with van der Waals surface area (Å²) in [6.07, 6.45) is 0.787. The van der Waals surface area contributed by atoms with Crippen molar-refractivity contribution in [2.24, 2.45) is 0 Å². The van der Waals surface area contributed by atoms with E-state index >= 15 is 0 Å². The Morgan fingerprint density at radius 1 is 1.35 bits per heavy atom. The van der Waals surface area contributed by atoms with Gasteiger partial charge < -0.3 is 4.43 Å². The lowest BCUT2D eigenvalue weighted by Gasteiger charge is -2.37. The molecule has 0 amide bonds. The largest absolute Gasteiger partial charge is 0.396 e. The number of rotatable bonds is 2. The van der Waals surface area contributed by atoms with Crippen LogP contribution in [0.25, 0.3) is 0 Å². The van der Waals surface area contributed by atoms with Crippen LogP contribution in [0.4, 0.5) is 0 Å². The van der Waals surface area contributed by atoms with Crippen molar-refractivity contribution in [3.05, 3.63) is 29.8 Å². The average Bonchev–Trinajstić information content (AvgIpc) is 2.27. The molecule has 2 nitrogen and oxygen atoms in total. The molecule has 1 unspecified atom stereocenters. The predicted octanol–water partition coefficient (Wildman–Crippen LogP) is 3.75. The van der Waals surface area contributed by atoms with Crippen molar-refractivity contribution in [3.63, 3.8) is 0 Å². The molecule has 0 spiro atoms. The third-order valence-electron chi connectivity index (χ3n) is 2.69. The van der Waals surface area contributed by atoms with E-state index in [1.165, 1.54) is 4.90 Å². The Balaban J connectivity index is 2.47. The van der Waals surface area contributed by atoms with Crippen LogP contribution in [-0.2, 0) is 10.0 Å². The van der Waals surface area contributed by atoms with Gasteiger partial charge in [0.1, 0.15) is 6.07 Å². The molecular weight excluding hydrogens is 246 g/mol. The van der Waals surface area contributed by atoms with Crippen molar-refractivity contribution < 1.29 is 4.43 Å². The number of fused-ring (bicyclic) bond motifs is 1. The van der Waals surface area contributed by atoms with E-state index in [1.54, 1.807) is 0 Å². The van der Waals surface area contributed by atoms with Gasteiger partial charge in [0.2, 0.25) is 0 Å². The van der Waals surface area contributed by atoms with Crippen molar-refractivity contribution in [2.75, 3.05) is 5.75 Å². The zero-order valence-corrected chi connectivity index (χ0v) is 12.3. The topological polar surface area (TPSA) is 33.0 Å². The number of benzene rings is 1. The molecule has 0 bridgehead atoms. The molecule has 0 aromatic heterocycles. The lowest BCUT2D eigenvalue weighted by atomic mass is 9.92. The fraction of sp³-hybridized carbons (Fsp3) is 0.462. The van der Waals surface area contributed by atoms with Gasteiger partial charge in [0.15, 0.2) is 13.9 Å². The molecule has 1 aromatic carbocycles. The fourth-order valence-corrected chi connectivity index (χ4v) is 4.61. The highest BCUT2D eigenvalue weighted by molar-refractivity contribution is 7.99. The summed E-state index contributed by atoms with van der Waals surface area (Å²) in [5.41, 5.74) is 0.341. The second-order valence-corrected chi connectivity index (χ2v) is 10.8. The van der Waals surface area contributed by atoms with Crippen molar-refractivity contribution >= 4 is 20.1 Å². The molecule has 0 N–H and O–H groups in total. The maximum Gasteiger partial charge on any atom is 0.186 e. The summed E-state index contributed by atoms with van der Waals surface area (Å²) in [6, 6.07) is 10.6. The standard InChI is InChI=1S/C13H17NOSSi/c1-17(2,3)15-13(10-14)8-9-16-12-7-5-4-6-11(12)13/h4-7H,8-9H2,1-3H3. The number of hydrogen-bond donors (Lipinski definition) is 0. The molecule has 0 radical (unpaired) electrons. The zero-order valence-electron chi connectivity index (χ0n) is 10.5. The SMILES string of the molecule is C[Si](C)(C)OC1(C#N)CCSc2ccccc21. The summed E-state index contributed by atoms with van der Waals surface area (Å²) < 4.78 is 6.21. The molecule has 0 aliphatic carbocycles. The molecule has 2 rings (SSSR count). The van der Waals surface area contributed by atoms with Gasteiger partial charge in [-0.1, -0.05) is 18.2 Å². The molecule has 0 saturated heterocycles. The van der Waals surface area contributed by atoms with Gasteiger partial charge in [-0.3, -0.25) is 0 Å². The third kappa shape index (κ3) is 2.57. The van der Waals surface area contributed by atoms with Gasteiger partial charge in [0.25, 0.3) is 0 Å². The van der Waals surface area contributed by atoms with E-state index in [2.05, 4.69) is 31.8 Å². The quantitative estimate of drug-likeness (QED) is 0.762. The van der Waals surface area contributed by atoms with E-state index in [4.69, 9.17) is 4.43 Å². The van der Waals surface area contributed by atoms with Crippen LogP contribution >= 0.6 is 11.8 Å². The summed E-state index contributed by atoms with van der Waals surface area (Å²) >= 11 is 1.82. The number of nitrogens with zero attached hydrogens (tertiary/aromatic N) is 1. The lowest BCUT2D eigenvalue weighted by molar-refractivity contribution is 0.111. The molecule has 0 saturated carbocycles. The van der Waals surface area contributed by atoms with Gasteiger partial charge >= 0.3 is 0 Å². The van der Waals surface area contributed by atoms with Gasteiger partial charge in [-0.15, -0.1) is 11.8 Å². The van der Waals surface area contributed by atoms with Crippen LogP contribution in [0, 0.1) is 11.3 Å². The van der Waals surface area contributed by atoms with Crippen molar-refractivity contribution in [1.82, 2.24) is 0 Å². The minimum Gasteiger partial charge on any atom is -0.396 e. The maximum absolute atomic E-state index is 9.59. The average molecular weight is 263 g/mol. The predicted molar refractivity (Wildman–Crippen MR) is 73.5 cm³/mol. The number of nitriles is 1. The fourth-order valence-electron chi connectivity index (χ4n) is 2.13. The third-order valence-corrected chi connectivity index (χ3v) is 4.73. The van der Waals surface area contributed by atoms with E-state index < -0.39 is 13.9 Å². The molecule has 17 heavy (non-hydrogen) atoms. The van der Waals surface area contributed by atoms with Crippen LogP contribution in [0.1, 0.15) is 12.0 Å². The van der Waals surface area contributed by atoms with Crippen molar-refractivity contribution in [2.45, 2.75) is 36.6 Å².